The number of aliphatic hydroxyl groups is 1. The number of hydrogen-bond donors (Lipinski definition) is 2. The Balaban J connectivity index is 1.20. The largest absolute Gasteiger partial charge is 0.491 e. The number of ether oxygens (including phenoxy) is 1. The van der Waals surface area contributed by atoms with E-state index >= 15 is 0 Å². The molecule has 0 fully saturated rings. The van der Waals surface area contributed by atoms with Gasteiger partial charge < -0.3 is 19.7 Å². The lowest BCUT2D eigenvalue weighted by atomic mass is 9.88. The minimum Gasteiger partial charge on any atom is -0.491 e. The third-order valence-corrected chi connectivity index (χ3v) is 5.95. The zero-order valence-electron chi connectivity index (χ0n) is 17.6. The van der Waals surface area contributed by atoms with Crippen molar-refractivity contribution in [1.29, 1.82) is 0 Å². The molecule has 4 aromatic rings. The van der Waals surface area contributed by atoms with E-state index in [-0.39, 0.29) is 18.5 Å². The Labute approximate surface area is 185 Å². The summed E-state index contributed by atoms with van der Waals surface area (Å²) in [5.74, 6) is 0.263. The van der Waals surface area contributed by atoms with Crippen LogP contribution in [0.3, 0.4) is 0 Å². The highest BCUT2D eigenvalue weighted by molar-refractivity contribution is 5.91. The summed E-state index contributed by atoms with van der Waals surface area (Å²) in [4.78, 5) is 0. The smallest absolute Gasteiger partial charge is 0.170 e. The lowest BCUT2D eigenvalue weighted by Gasteiger charge is -2.27. The van der Waals surface area contributed by atoms with E-state index in [0.717, 1.165) is 30.2 Å². The summed E-state index contributed by atoms with van der Waals surface area (Å²) in [5.41, 5.74) is 4.56. The van der Waals surface area contributed by atoms with E-state index in [9.17, 15) is 9.50 Å². The molecule has 0 saturated heterocycles. The van der Waals surface area contributed by atoms with Crippen molar-refractivity contribution in [2.45, 2.75) is 31.4 Å². The van der Waals surface area contributed by atoms with Crippen LogP contribution in [0, 0.1) is 5.82 Å². The van der Waals surface area contributed by atoms with E-state index in [1.807, 2.05) is 24.3 Å². The predicted octanol–water partition coefficient (Wildman–Crippen LogP) is 5.04. The van der Waals surface area contributed by atoms with Crippen molar-refractivity contribution >= 4 is 11.0 Å². The van der Waals surface area contributed by atoms with Crippen LogP contribution in [0.5, 0.6) is 5.75 Å². The monoisotopic (exact) mass is 432 g/mol. The van der Waals surface area contributed by atoms with Crippen molar-refractivity contribution in [1.82, 2.24) is 10.5 Å². The van der Waals surface area contributed by atoms with Crippen molar-refractivity contribution < 1.29 is 18.8 Å². The Kier molecular flexibility index (Phi) is 5.88. The van der Waals surface area contributed by atoms with Gasteiger partial charge in [0.25, 0.3) is 0 Å². The van der Waals surface area contributed by atoms with Gasteiger partial charge in [-0.1, -0.05) is 41.6 Å². The molecule has 6 heteroatoms. The quantitative estimate of drug-likeness (QED) is 0.428. The molecule has 2 N–H and O–H groups in total. The van der Waals surface area contributed by atoms with Crippen LogP contribution in [0.1, 0.15) is 30.0 Å². The fraction of sp³-hybridized carbons (Fsp3) is 0.269. The molecule has 1 aliphatic carbocycles. The number of nitrogens with zero attached hydrogens (tertiary/aromatic N) is 1. The van der Waals surface area contributed by atoms with Crippen LogP contribution >= 0.6 is 0 Å². The second-order valence-corrected chi connectivity index (χ2v) is 8.22. The van der Waals surface area contributed by atoms with E-state index < -0.39 is 6.10 Å². The minimum atomic E-state index is -0.636. The van der Waals surface area contributed by atoms with Gasteiger partial charge in [-0.15, -0.1) is 0 Å². The van der Waals surface area contributed by atoms with E-state index in [2.05, 4.69) is 34.7 Å². The Morgan fingerprint density at radius 2 is 2.03 bits per heavy atom. The number of rotatable bonds is 7. The molecule has 5 rings (SSSR count). The molecular weight excluding hydrogens is 407 g/mol. The third kappa shape index (κ3) is 4.38. The summed E-state index contributed by atoms with van der Waals surface area (Å²) in [7, 11) is 0. The summed E-state index contributed by atoms with van der Waals surface area (Å²) in [6.07, 6.45) is 2.70. The number of aliphatic hydroxyl groups excluding tert-OH is 1. The van der Waals surface area contributed by atoms with Crippen molar-refractivity contribution in [3.63, 3.8) is 0 Å². The highest BCUT2D eigenvalue weighted by Crippen LogP contribution is 2.31. The topological polar surface area (TPSA) is 67.5 Å². The van der Waals surface area contributed by atoms with Crippen LogP contribution in [-0.4, -0.2) is 29.5 Å². The summed E-state index contributed by atoms with van der Waals surface area (Å²) >= 11 is 0. The van der Waals surface area contributed by atoms with Gasteiger partial charge in [0.2, 0.25) is 0 Å². The molecule has 0 bridgehead atoms. The van der Waals surface area contributed by atoms with Crippen LogP contribution in [0.2, 0.25) is 0 Å². The Bertz CT molecular complexity index is 1220. The highest BCUT2D eigenvalue weighted by Gasteiger charge is 2.20. The molecule has 1 aliphatic rings. The van der Waals surface area contributed by atoms with E-state index in [4.69, 9.17) is 9.26 Å². The van der Waals surface area contributed by atoms with Crippen LogP contribution in [0.4, 0.5) is 4.39 Å². The first-order chi connectivity index (χ1) is 15.7. The fourth-order valence-corrected chi connectivity index (χ4v) is 4.35. The maximum absolute atomic E-state index is 13.4. The van der Waals surface area contributed by atoms with Crippen molar-refractivity contribution in [3.05, 3.63) is 83.7 Å². The summed E-state index contributed by atoms with van der Waals surface area (Å²) in [6, 6.07) is 20.6. The molecular formula is C26H25FN2O3. The predicted molar refractivity (Wildman–Crippen MR) is 121 cm³/mol. The number of hydrogen-bond acceptors (Lipinski definition) is 5. The first kappa shape index (κ1) is 20.7. The van der Waals surface area contributed by atoms with Gasteiger partial charge in [0.1, 0.15) is 30.0 Å². The highest BCUT2D eigenvalue weighted by atomic mass is 19.1. The van der Waals surface area contributed by atoms with Gasteiger partial charge in [-0.2, -0.15) is 0 Å². The second-order valence-electron chi connectivity index (χ2n) is 8.22. The first-order valence-corrected chi connectivity index (χ1v) is 10.9. The molecule has 2 atom stereocenters. The van der Waals surface area contributed by atoms with Gasteiger partial charge in [-0.25, -0.2) is 4.39 Å². The average molecular weight is 432 g/mol. The number of benzene rings is 3. The molecule has 0 radical (unpaired) electrons. The number of aryl methyl sites for hydroxylation is 1. The molecule has 3 aromatic carbocycles. The number of nitrogens with one attached hydrogen (secondary N) is 1. The van der Waals surface area contributed by atoms with Crippen LogP contribution < -0.4 is 10.1 Å². The SMILES string of the molecule is O[C@H](CNC1CCCc2ccccc21)COc1cccc(-c2noc3cc(F)ccc23)c1. The standard InChI is InChI=1S/C26H25FN2O3/c27-19-11-12-23-25(14-19)32-29-26(23)18-7-3-8-21(13-18)31-16-20(30)15-28-24-10-4-6-17-5-1-2-9-22(17)24/h1-3,5,7-9,11-14,20,24,28,30H,4,6,10,15-16H2/t20-,24?/m1/s1. The van der Waals surface area contributed by atoms with Crippen molar-refractivity contribution in [2.75, 3.05) is 13.2 Å². The van der Waals surface area contributed by atoms with Gasteiger partial charge in [0, 0.05) is 29.6 Å². The van der Waals surface area contributed by atoms with E-state index in [1.165, 1.54) is 23.3 Å². The average Bonchev–Trinajstić information content (AvgIpc) is 3.24. The summed E-state index contributed by atoms with van der Waals surface area (Å²) in [5, 5.41) is 18.8. The van der Waals surface area contributed by atoms with Crippen molar-refractivity contribution in [2.24, 2.45) is 0 Å². The molecule has 1 unspecified atom stereocenters. The van der Waals surface area contributed by atoms with Crippen LogP contribution in [-0.2, 0) is 6.42 Å². The van der Waals surface area contributed by atoms with Gasteiger partial charge in [-0.3, -0.25) is 0 Å². The second kappa shape index (κ2) is 9.10. The minimum absolute atomic E-state index is 0.176. The number of fused-ring (bicyclic) bond motifs is 2. The molecule has 0 spiro atoms. The fourth-order valence-electron chi connectivity index (χ4n) is 4.35. The Morgan fingerprint density at radius 3 is 2.97 bits per heavy atom. The molecule has 0 amide bonds. The maximum atomic E-state index is 13.4. The van der Waals surface area contributed by atoms with Crippen LogP contribution in [0.25, 0.3) is 22.2 Å². The van der Waals surface area contributed by atoms with Crippen LogP contribution in [0.15, 0.2) is 71.3 Å². The zero-order valence-corrected chi connectivity index (χ0v) is 17.6. The Morgan fingerprint density at radius 1 is 1.12 bits per heavy atom. The maximum Gasteiger partial charge on any atom is 0.170 e. The normalized spacial score (nSPS) is 16.6. The molecule has 0 saturated carbocycles. The number of aromatic nitrogens is 1. The molecule has 32 heavy (non-hydrogen) atoms. The number of halogens is 1. The van der Waals surface area contributed by atoms with Gasteiger partial charge in [-0.05, 0) is 54.7 Å². The van der Waals surface area contributed by atoms with Gasteiger partial charge in [0.15, 0.2) is 5.58 Å². The lowest BCUT2D eigenvalue weighted by molar-refractivity contribution is 0.103. The van der Waals surface area contributed by atoms with Gasteiger partial charge in [0.05, 0.1) is 0 Å². The molecule has 0 aliphatic heterocycles. The molecule has 1 heterocycles. The molecule has 1 aromatic heterocycles. The van der Waals surface area contributed by atoms with E-state index in [1.54, 1.807) is 6.07 Å². The summed E-state index contributed by atoms with van der Waals surface area (Å²) < 4.78 is 24.5. The van der Waals surface area contributed by atoms with E-state index in [0.29, 0.717) is 23.6 Å². The zero-order chi connectivity index (χ0) is 21.9. The first-order valence-electron chi connectivity index (χ1n) is 10.9. The molecule has 164 valence electrons. The van der Waals surface area contributed by atoms with Gasteiger partial charge >= 0.3 is 0 Å². The lowest BCUT2D eigenvalue weighted by Crippen LogP contribution is -2.35. The Hall–Kier alpha value is -3.22. The molecule has 5 nitrogen and oxygen atoms in total. The third-order valence-electron chi connectivity index (χ3n) is 5.95. The van der Waals surface area contributed by atoms with Crippen molar-refractivity contribution in [3.8, 4) is 17.0 Å². The summed E-state index contributed by atoms with van der Waals surface area (Å²) in [6.45, 7) is 0.633.